The van der Waals surface area contributed by atoms with Crippen molar-refractivity contribution in [3.8, 4) is 0 Å². The van der Waals surface area contributed by atoms with Gasteiger partial charge in [-0.05, 0) is 25.8 Å². The summed E-state index contributed by atoms with van der Waals surface area (Å²) in [6, 6.07) is 0.417. The number of hydrogen-bond acceptors (Lipinski definition) is 4. The minimum atomic E-state index is -3.09. The van der Waals surface area contributed by atoms with E-state index in [1.807, 2.05) is 6.92 Å². The van der Waals surface area contributed by atoms with Crippen molar-refractivity contribution in [1.82, 2.24) is 14.9 Å². The van der Waals surface area contributed by atoms with Crippen LogP contribution in [-0.2, 0) is 14.8 Å². The first-order chi connectivity index (χ1) is 8.93. The molecule has 1 saturated carbocycles. The van der Waals surface area contributed by atoms with Crippen molar-refractivity contribution in [2.45, 2.75) is 38.6 Å². The second-order valence-corrected chi connectivity index (χ2v) is 6.93. The standard InChI is InChI=1S/C12H25N3O3S/c1-3-15(19(2,17)18)10-4-8-13-9-7-12(16)14-11-5-6-11/h11,13H,3-10H2,1-2H3,(H,14,16). The normalized spacial score (nSPS) is 15.7. The number of nitrogens with one attached hydrogen (secondary N) is 2. The van der Waals surface area contributed by atoms with Gasteiger partial charge < -0.3 is 10.6 Å². The Labute approximate surface area is 116 Å². The Morgan fingerprint density at radius 3 is 2.53 bits per heavy atom. The minimum Gasteiger partial charge on any atom is -0.353 e. The highest BCUT2D eigenvalue weighted by Crippen LogP contribution is 2.18. The second-order valence-electron chi connectivity index (χ2n) is 4.95. The molecule has 1 aliphatic carbocycles. The summed E-state index contributed by atoms with van der Waals surface area (Å²) in [6.45, 7) is 4.22. The highest BCUT2D eigenvalue weighted by molar-refractivity contribution is 7.88. The Kier molecular flexibility index (Phi) is 6.74. The van der Waals surface area contributed by atoms with Gasteiger partial charge in [-0.1, -0.05) is 6.92 Å². The molecule has 1 rings (SSSR count). The van der Waals surface area contributed by atoms with E-state index in [-0.39, 0.29) is 5.91 Å². The van der Waals surface area contributed by atoms with Crippen LogP contribution in [0.1, 0.15) is 32.6 Å². The van der Waals surface area contributed by atoms with Crippen LogP contribution in [0.15, 0.2) is 0 Å². The van der Waals surface area contributed by atoms with E-state index >= 15 is 0 Å². The Balaban J connectivity index is 1.99. The van der Waals surface area contributed by atoms with Gasteiger partial charge in [0.15, 0.2) is 0 Å². The second kappa shape index (κ2) is 7.81. The molecule has 19 heavy (non-hydrogen) atoms. The minimum absolute atomic E-state index is 0.0984. The number of hydrogen-bond donors (Lipinski definition) is 2. The van der Waals surface area contributed by atoms with Gasteiger partial charge in [0.2, 0.25) is 15.9 Å². The number of sulfonamides is 1. The molecule has 0 heterocycles. The summed E-state index contributed by atoms with van der Waals surface area (Å²) in [5, 5.41) is 6.08. The van der Waals surface area contributed by atoms with Gasteiger partial charge in [0, 0.05) is 32.1 Å². The summed E-state index contributed by atoms with van der Waals surface area (Å²) >= 11 is 0. The molecule has 1 aliphatic rings. The summed E-state index contributed by atoms with van der Waals surface area (Å²) in [7, 11) is -3.09. The molecule has 0 aliphatic heterocycles. The van der Waals surface area contributed by atoms with Gasteiger partial charge >= 0.3 is 0 Å². The quantitative estimate of drug-likeness (QED) is 0.552. The van der Waals surface area contributed by atoms with Crippen molar-refractivity contribution in [3.05, 3.63) is 0 Å². The van der Waals surface area contributed by atoms with Gasteiger partial charge in [0.05, 0.1) is 6.26 Å². The maximum absolute atomic E-state index is 11.4. The number of rotatable bonds is 10. The van der Waals surface area contributed by atoms with Crippen LogP contribution in [-0.4, -0.2) is 57.1 Å². The Hall–Kier alpha value is -0.660. The molecule has 7 heteroatoms. The van der Waals surface area contributed by atoms with E-state index < -0.39 is 10.0 Å². The zero-order chi connectivity index (χ0) is 14.3. The first-order valence-electron chi connectivity index (χ1n) is 6.88. The average Bonchev–Trinajstić information content (AvgIpc) is 3.10. The SMILES string of the molecule is CCN(CCCNCCC(=O)NC1CC1)S(C)(=O)=O. The van der Waals surface area contributed by atoms with E-state index in [4.69, 9.17) is 0 Å². The van der Waals surface area contributed by atoms with Crippen molar-refractivity contribution >= 4 is 15.9 Å². The summed E-state index contributed by atoms with van der Waals surface area (Å²) in [6.07, 6.45) is 4.69. The first-order valence-corrected chi connectivity index (χ1v) is 8.73. The van der Waals surface area contributed by atoms with Crippen molar-refractivity contribution in [2.24, 2.45) is 0 Å². The molecule has 1 amide bonds. The number of amides is 1. The maximum atomic E-state index is 11.4. The maximum Gasteiger partial charge on any atom is 0.221 e. The molecule has 0 aromatic rings. The molecule has 0 aromatic heterocycles. The lowest BCUT2D eigenvalue weighted by atomic mass is 10.3. The van der Waals surface area contributed by atoms with Crippen LogP contribution in [0, 0.1) is 0 Å². The van der Waals surface area contributed by atoms with Gasteiger partial charge in [-0.15, -0.1) is 0 Å². The smallest absolute Gasteiger partial charge is 0.221 e. The summed E-state index contributed by atoms with van der Waals surface area (Å²) < 4.78 is 24.1. The molecule has 0 spiro atoms. The molecule has 112 valence electrons. The number of nitrogens with zero attached hydrogens (tertiary/aromatic N) is 1. The fraction of sp³-hybridized carbons (Fsp3) is 0.917. The van der Waals surface area contributed by atoms with E-state index in [0.717, 1.165) is 25.8 Å². The topological polar surface area (TPSA) is 78.5 Å². The largest absolute Gasteiger partial charge is 0.353 e. The Bertz CT molecular complexity index is 380. The lowest BCUT2D eigenvalue weighted by Gasteiger charge is -2.17. The molecular formula is C12H25N3O3S. The number of carbonyl (C=O) groups is 1. The van der Waals surface area contributed by atoms with Crippen LogP contribution in [0.3, 0.4) is 0 Å². The van der Waals surface area contributed by atoms with Crippen molar-refractivity contribution in [3.63, 3.8) is 0 Å². The third-order valence-electron chi connectivity index (χ3n) is 3.05. The predicted molar refractivity (Wildman–Crippen MR) is 75.4 cm³/mol. The summed E-state index contributed by atoms with van der Waals surface area (Å²) in [5.74, 6) is 0.0984. The van der Waals surface area contributed by atoms with Crippen LogP contribution < -0.4 is 10.6 Å². The van der Waals surface area contributed by atoms with Crippen LogP contribution in [0.4, 0.5) is 0 Å². The predicted octanol–water partition coefficient (Wildman–Crippen LogP) is -0.0837. The van der Waals surface area contributed by atoms with Crippen molar-refractivity contribution in [2.75, 3.05) is 32.4 Å². The van der Waals surface area contributed by atoms with E-state index in [0.29, 0.717) is 32.1 Å². The average molecular weight is 291 g/mol. The molecule has 2 N–H and O–H groups in total. The molecule has 0 atom stereocenters. The van der Waals surface area contributed by atoms with Crippen molar-refractivity contribution < 1.29 is 13.2 Å². The van der Waals surface area contributed by atoms with Crippen LogP contribution >= 0.6 is 0 Å². The lowest BCUT2D eigenvalue weighted by Crippen LogP contribution is -2.33. The Morgan fingerprint density at radius 1 is 1.32 bits per heavy atom. The van der Waals surface area contributed by atoms with E-state index in [2.05, 4.69) is 10.6 Å². The van der Waals surface area contributed by atoms with Crippen LogP contribution in [0.25, 0.3) is 0 Å². The molecule has 0 aromatic carbocycles. The van der Waals surface area contributed by atoms with Crippen LogP contribution in [0.5, 0.6) is 0 Å². The monoisotopic (exact) mass is 291 g/mol. The third-order valence-corrected chi connectivity index (χ3v) is 4.43. The van der Waals surface area contributed by atoms with E-state index in [1.165, 1.54) is 10.6 Å². The molecule has 0 saturated heterocycles. The fourth-order valence-corrected chi connectivity index (χ4v) is 2.72. The lowest BCUT2D eigenvalue weighted by molar-refractivity contribution is -0.121. The van der Waals surface area contributed by atoms with Gasteiger partial charge in [0.1, 0.15) is 0 Å². The molecule has 0 radical (unpaired) electrons. The third kappa shape index (κ3) is 7.49. The highest BCUT2D eigenvalue weighted by Gasteiger charge is 2.22. The van der Waals surface area contributed by atoms with Gasteiger partial charge in [-0.25, -0.2) is 12.7 Å². The van der Waals surface area contributed by atoms with Gasteiger partial charge in [0.25, 0.3) is 0 Å². The fourth-order valence-electron chi connectivity index (χ4n) is 1.79. The van der Waals surface area contributed by atoms with Crippen molar-refractivity contribution in [1.29, 1.82) is 0 Å². The zero-order valence-electron chi connectivity index (χ0n) is 11.8. The van der Waals surface area contributed by atoms with Crippen LogP contribution in [0.2, 0.25) is 0 Å². The molecule has 0 unspecified atom stereocenters. The first kappa shape index (κ1) is 16.4. The Morgan fingerprint density at radius 2 is 2.00 bits per heavy atom. The van der Waals surface area contributed by atoms with Gasteiger partial charge in [-0.3, -0.25) is 4.79 Å². The zero-order valence-corrected chi connectivity index (χ0v) is 12.6. The molecule has 1 fully saturated rings. The number of carbonyl (C=O) groups excluding carboxylic acids is 1. The van der Waals surface area contributed by atoms with E-state index in [1.54, 1.807) is 0 Å². The summed E-state index contributed by atoms with van der Waals surface area (Å²) in [5.41, 5.74) is 0. The van der Waals surface area contributed by atoms with Gasteiger partial charge in [-0.2, -0.15) is 0 Å². The molecule has 0 bridgehead atoms. The molecular weight excluding hydrogens is 266 g/mol. The molecule has 6 nitrogen and oxygen atoms in total. The highest BCUT2D eigenvalue weighted by atomic mass is 32.2. The summed E-state index contributed by atoms with van der Waals surface area (Å²) in [4.78, 5) is 11.4. The van der Waals surface area contributed by atoms with E-state index in [9.17, 15) is 13.2 Å².